The van der Waals surface area contributed by atoms with Crippen LogP contribution in [0.2, 0.25) is 0 Å². The summed E-state index contributed by atoms with van der Waals surface area (Å²) in [6.07, 6.45) is 12.7. The summed E-state index contributed by atoms with van der Waals surface area (Å²) in [4.78, 5) is 11.5. The molecule has 1 aromatic rings. The fourth-order valence-corrected chi connectivity index (χ4v) is 4.44. The van der Waals surface area contributed by atoms with E-state index < -0.39 is 18.3 Å². The van der Waals surface area contributed by atoms with Crippen molar-refractivity contribution in [3.63, 3.8) is 0 Å². The van der Waals surface area contributed by atoms with Gasteiger partial charge >= 0.3 is 5.97 Å². The van der Waals surface area contributed by atoms with Crippen molar-refractivity contribution in [2.24, 2.45) is 11.8 Å². The number of aliphatic hydroxyl groups excluding tert-OH is 3. The van der Waals surface area contributed by atoms with Crippen LogP contribution in [0.5, 0.6) is 0 Å². The number of rotatable bonds is 14. The lowest BCUT2D eigenvalue weighted by molar-refractivity contribution is -0.147. The van der Waals surface area contributed by atoms with Gasteiger partial charge in [0.25, 0.3) is 0 Å². The molecule has 0 heterocycles. The number of benzene rings is 1. The number of hydrogen-bond donors (Lipinski definition) is 3. The number of carbonyl (C=O) groups excluding carboxylic acids is 1. The molecule has 0 saturated heterocycles. The minimum absolute atomic E-state index is 0.0509. The summed E-state index contributed by atoms with van der Waals surface area (Å²) < 4.78 is 5.13. The van der Waals surface area contributed by atoms with E-state index in [1.165, 1.54) is 5.56 Å². The van der Waals surface area contributed by atoms with Crippen molar-refractivity contribution < 1.29 is 24.9 Å². The third-order valence-electron chi connectivity index (χ3n) is 6.22. The zero-order valence-corrected chi connectivity index (χ0v) is 20.2. The molecule has 1 aliphatic carbocycles. The Morgan fingerprint density at radius 3 is 2.58 bits per heavy atom. The van der Waals surface area contributed by atoms with Crippen molar-refractivity contribution >= 4 is 5.97 Å². The average molecular weight is 459 g/mol. The molecule has 3 N–H and O–H groups in total. The molecule has 1 fully saturated rings. The number of esters is 1. The second kappa shape index (κ2) is 15.0. The van der Waals surface area contributed by atoms with Gasteiger partial charge in [-0.15, -0.1) is 0 Å². The van der Waals surface area contributed by atoms with E-state index in [0.29, 0.717) is 25.7 Å². The quantitative estimate of drug-likeness (QED) is 0.213. The van der Waals surface area contributed by atoms with Gasteiger partial charge in [-0.05, 0) is 70.3 Å². The normalized spacial score (nSPS) is 24.2. The number of ether oxygens (including phenoxy) is 1. The lowest BCUT2D eigenvalue weighted by Gasteiger charge is -2.19. The highest BCUT2D eigenvalue weighted by molar-refractivity contribution is 5.69. The molecule has 5 unspecified atom stereocenters. The highest BCUT2D eigenvalue weighted by Crippen LogP contribution is 2.36. The molecular weight excluding hydrogens is 416 g/mol. The molecule has 5 atom stereocenters. The van der Waals surface area contributed by atoms with Crippen LogP contribution in [0.4, 0.5) is 0 Å². The van der Waals surface area contributed by atoms with E-state index in [9.17, 15) is 20.1 Å². The van der Waals surface area contributed by atoms with Crippen LogP contribution in [0.3, 0.4) is 0 Å². The van der Waals surface area contributed by atoms with E-state index in [-0.39, 0.29) is 23.9 Å². The first kappa shape index (κ1) is 27.3. The fourth-order valence-electron chi connectivity index (χ4n) is 4.44. The summed E-state index contributed by atoms with van der Waals surface area (Å²) in [5.74, 6) is -0.349. The molecule has 0 amide bonds. The molecule has 1 saturated carbocycles. The van der Waals surface area contributed by atoms with Crippen molar-refractivity contribution in [3.05, 3.63) is 60.2 Å². The minimum atomic E-state index is -0.585. The fraction of sp³-hybridized carbons (Fsp3) is 0.607. The van der Waals surface area contributed by atoms with E-state index in [0.717, 1.165) is 32.1 Å². The number of aryl methyl sites for hydroxylation is 1. The van der Waals surface area contributed by atoms with Gasteiger partial charge in [-0.3, -0.25) is 4.79 Å². The summed E-state index contributed by atoms with van der Waals surface area (Å²) >= 11 is 0. The van der Waals surface area contributed by atoms with Crippen molar-refractivity contribution in [2.45, 2.75) is 96.1 Å². The van der Waals surface area contributed by atoms with Crippen molar-refractivity contribution in [2.75, 3.05) is 0 Å². The Labute approximate surface area is 199 Å². The highest BCUT2D eigenvalue weighted by atomic mass is 16.5. The largest absolute Gasteiger partial charge is 0.463 e. The SMILES string of the molecule is CC(C)OC(=O)CCCCC=CCC1C(O)CC(O)C1C=CC(O)CCCc1ccccc1. The van der Waals surface area contributed by atoms with Gasteiger partial charge < -0.3 is 20.1 Å². The highest BCUT2D eigenvalue weighted by Gasteiger charge is 2.39. The average Bonchev–Trinajstić information content (AvgIpc) is 3.04. The van der Waals surface area contributed by atoms with Gasteiger partial charge in [0.1, 0.15) is 0 Å². The van der Waals surface area contributed by atoms with Crippen LogP contribution >= 0.6 is 0 Å². The second-order valence-corrected chi connectivity index (χ2v) is 9.43. The van der Waals surface area contributed by atoms with Gasteiger partial charge in [0, 0.05) is 18.8 Å². The van der Waals surface area contributed by atoms with E-state index in [2.05, 4.69) is 24.3 Å². The molecule has 0 bridgehead atoms. The second-order valence-electron chi connectivity index (χ2n) is 9.43. The van der Waals surface area contributed by atoms with Crippen molar-refractivity contribution in [1.82, 2.24) is 0 Å². The molecule has 2 rings (SSSR count). The molecule has 1 aromatic carbocycles. The molecule has 0 aromatic heterocycles. The van der Waals surface area contributed by atoms with E-state index >= 15 is 0 Å². The van der Waals surface area contributed by atoms with Crippen LogP contribution in [0, 0.1) is 11.8 Å². The molecule has 33 heavy (non-hydrogen) atoms. The number of unbranched alkanes of at least 4 members (excludes halogenated alkanes) is 2. The molecule has 0 spiro atoms. The number of carbonyl (C=O) groups is 1. The number of allylic oxidation sites excluding steroid dienone is 2. The van der Waals surface area contributed by atoms with E-state index in [1.54, 1.807) is 6.08 Å². The zero-order chi connectivity index (χ0) is 24.1. The smallest absolute Gasteiger partial charge is 0.306 e. The molecule has 1 aliphatic rings. The Bertz CT molecular complexity index is 727. The minimum Gasteiger partial charge on any atom is -0.463 e. The van der Waals surface area contributed by atoms with Crippen LogP contribution in [0.25, 0.3) is 0 Å². The topological polar surface area (TPSA) is 87.0 Å². The molecule has 184 valence electrons. The summed E-state index contributed by atoms with van der Waals surface area (Å²) in [5.41, 5.74) is 1.27. The predicted molar refractivity (Wildman–Crippen MR) is 132 cm³/mol. The molecule has 5 heteroatoms. The monoisotopic (exact) mass is 458 g/mol. The summed E-state index contributed by atoms with van der Waals surface area (Å²) in [7, 11) is 0. The maximum absolute atomic E-state index is 11.5. The summed E-state index contributed by atoms with van der Waals surface area (Å²) in [6, 6.07) is 10.2. The molecular formula is C28H42O5. The lowest BCUT2D eigenvalue weighted by Crippen LogP contribution is -2.20. The summed E-state index contributed by atoms with van der Waals surface area (Å²) in [6.45, 7) is 3.70. The van der Waals surface area contributed by atoms with Gasteiger partial charge in [-0.2, -0.15) is 0 Å². The van der Waals surface area contributed by atoms with Gasteiger partial charge in [-0.1, -0.05) is 54.6 Å². The molecule has 5 nitrogen and oxygen atoms in total. The van der Waals surface area contributed by atoms with Crippen LogP contribution in [-0.2, 0) is 16.0 Å². The number of aliphatic hydroxyl groups is 3. The first-order valence-electron chi connectivity index (χ1n) is 12.5. The standard InChI is InChI=1S/C28H42O5/c1-21(2)33-28(32)17-10-5-3-4-9-16-24-25(27(31)20-26(24)30)19-18-23(29)15-11-14-22-12-7-6-8-13-22/h4,6-9,12-13,18-19,21,23-27,29-31H,3,5,10-11,14-17,20H2,1-2H3. The van der Waals surface area contributed by atoms with Gasteiger partial charge in [0.15, 0.2) is 0 Å². The maximum atomic E-state index is 11.5. The van der Waals surface area contributed by atoms with Crippen LogP contribution in [0.1, 0.15) is 70.8 Å². The van der Waals surface area contributed by atoms with E-state index in [1.807, 2.05) is 38.1 Å². The summed E-state index contributed by atoms with van der Waals surface area (Å²) in [5, 5.41) is 31.1. The van der Waals surface area contributed by atoms with Crippen LogP contribution in [-0.4, -0.2) is 45.7 Å². The van der Waals surface area contributed by atoms with Crippen molar-refractivity contribution in [1.29, 1.82) is 0 Å². The van der Waals surface area contributed by atoms with E-state index in [4.69, 9.17) is 4.74 Å². The maximum Gasteiger partial charge on any atom is 0.306 e. The molecule has 0 radical (unpaired) electrons. The Balaban J connectivity index is 1.70. The Kier molecular flexibility index (Phi) is 12.4. The third kappa shape index (κ3) is 10.7. The Hall–Kier alpha value is -1.95. The van der Waals surface area contributed by atoms with Gasteiger partial charge in [0.2, 0.25) is 0 Å². The Morgan fingerprint density at radius 2 is 1.85 bits per heavy atom. The zero-order valence-electron chi connectivity index (χ0n) is 20.2. The van der Waals surface area contributed by atoms with Crippen molar-refractivity contribution in [3.8, 4) is 0 Å². The lowest BCUT2D eigenvalue weighted by atomic mass is 9.89. The first-order chi connectivity index (χ1) is 15.9. The predicted octanol–water partition coefficient (Wildman–Crippen LogP) is 4.74. The third-order valence-corrected chi connectivity index (χ3v) is 6.22. The number of hydrogen-bond acceptors (Lipinski definition) is 5. The first-order valence-corrected chi connectivity index (χ1v) is 12.5. The molecule has 0 aliphatic heterocycles. The van der Waals surface area contributed by atoms with Gasteiger partial charge in [-0.25, -0.2) is 0 Å². The van der Waals surface area contributed by atoms with Crippen LogP contribution in [0.15, 0.2) is 54.6 Å². The van der Waals surface area contributed by atoms with Gasteiger partial charge in [0.05, 0.1) is 24.4 Å². The Morgan fingerprint density at radius 1 is 1.09 bits per heavy atom. The van der Waals surface area contributed by atoms with Crippen LogP contribution < -0.4 is 0 Å².